The molecule has 0 aliphatic carbocycles. The van der Waals surface area contributed by atoms with Crippen molar-refractivity contribution in [2.45, 2.75) is 44.4 Å². The highest BCUT2D eigenvalue weighted by Gasteiger charge is 2.45. The predicted octanol–water partition coefficient (Wildman–Crippen LogP) is 1.52. The highest BCUT2D eigenvalue weighted by molar-refractivity contribution is 6.01. The molecule has 138 valence electrons. The van der Waals surface area contributed by atoms with Gasteiger partial charge in [-0.3, -0.25) is 9.59 Å². The van der Waals surface area contributed by atoms with Crippen LogP contribution in [0, 0.1) is 0 Å². The van der Waals surface area contributed by atoms with E-state index in [9.17, 15) is 14.4 Å². The Labute approximate surface area is 152 Å². The maximum absolute atomic E-state index is 13.1. The fraction of sp³-hybridized carbons (Fsp3) is 0.526. The van der Waals surface area contributed by atoms with Crippen LogP contribution in [0.25, 0.3) is 0 Å². The normalized spacial score (nSPS) is 22.2. The molecule has 1 N–H and O–H groups in total. The number of ether oxygens (including phenoxy) is 1. The maximum atomic E-state index is 13.1. The lowest BCUT2D eigenvalue weighted by atomic mass is 9.91. The first kappa shape index (κ1) is 16.9. The molecule has 3 aliphatic heterocycles. The van der Waals surface area contributed by atoms with Gasteiger partial charge in [0.2, 0.25) is 5.91 Å². The smallest absolute Gasteiger partial charge is 0.407 e. The third-order valence-electron chi connectivity index (χ3n) is 5.75. The van der Waals surface area contributed by atoms with Gasteiger partial charge in [-0.1, -0.05) is 25.1 Å². The van der Waals surface area contributed by atoms with Crippen molar-refractivity contribution in [3.63, 3.8) is 0 Å². The topological polar surface area (TPSA) is 79.0 Å². The molecule has 0 bridgehead atoms. The van der Waals surface area contributed by atoms with Crippen LogP contribution in [0.3, 0.4) is 0 Å². The highest BCUT2D eigenvalue weighted by Crippen LogP contribution is 2.31. The van der Waals surface area contributed by atoms with Crippen molar-refractivity contribution < 1.29 is 19.1 Å². The summed E-state index contributed by atoms with van der Waals surface area (Å²) in [6.07, 6.45) is 1.46. The van der Waals surface area contributed by atoms with Gasteiger partial charge in [-0.25, -0.2) is 4.79 Å². The number of rotatable bonds is 3. The van der Waals surface area contributed by atoms with Crippen LogP contribution in [-0.2, 0) is 16.1 Å². The molecular formula is C19H23N3O4. The molecule has 0 radical (unpaired) electrons. The van der Waals surface area contributed by atoms with Crippen LogP contribution >= 0.6 is 0 Å². The number of fused-ring (bicyclic) bond motifs is 1. The van der Waals surface area contributed by atoms with Crippen LogP contribution in [0.5, 0.6) is 0 Å². The van der Waals surface area contributed by atoms with Crippen LogP contribution < -0.4 is 5.32 Å². The predicted molar refractivity (Wildman–Crippen MR) is 93.4 cm³/mol. The largest absolute Gasteiger partial charge is 0.441 e. The molecule has 1 aromatic carbocycles. The summed E-state index contributed by atoms with van der Waals surface area (Å²) < 4.78 is 5.41. The third-order valence-corrected chi connectivity index (χ3v) is 5.75. The number of amides is 3. The van der Waals surface area contributed by atoms with Gasteiger partial charge in [0, 0.05) is 38.0 Å². The Morgan fingerprint density at radius 3 is 2.62 bits per heavy atom. The van der Waals surface area contributed by atoms with E-state index in [-0.39, 0.29) is 17.9 Å². The maximum Gasteiger partial charge on any atom is 0.407 e. The van der Waals surface area contributed by atoms with Crippen molar-refractivity contribution in [2.24, 2.45) is 0 Å². The summed E-state index contributed by atoms with van der Waals surface area (Å²) in [5, 5.41) is 2.70. The monoisotopic (exact) mass is 357 g/mol. The number of hydrogen-bond acceptors (Lipinski definition) is 4. The van der Waals surface area contributed by atoms with E-state index in [2.05, 4.69) is 5.32 Å². The molecule has 1 aromatic rings. The number of hydrogen-bond donors (Lipinski definition) is 1. The average molecular weight is 357 g/mol. The van der Waals surface area contributed by atoms with E-state index < -0.39 is 11.6 Å². The number of nitrogens with zero attached hydrogens (tertiary/aromatic N) is 2. The number of carbonyl (C=O) groups is 3. The minimum atomic E-state index is -0.477. The zero-order chi connectivity index (χ0) is 18.3. The number of alkyl carbamates (subject to hydrolysis) is 1. The third kappa shape index (κ3) is 2.71. The minimum Gasteiger partial charge on any atom is -0.441 e. The molecule has 4 rings (SSSR count). The molecule has 2 fully saturated rings. The molecule has 3 amide bonds. The fourth-order valence-corrected chi connectivity index (χ4v) is 4.18. The summed E-state index contributed by atoms with van der Waals surface area (Å²) in [7, 11) is 0. The standard InChI is InChI=1S/C19H23N3O4/c1-2-15(22-11-13-5-3-4-6-14(13)16(22)23)17(24)21-9-7-19(8-10-21)12-20-18(25)26-19/h3-6,15H,2,7-12H2,1H3,(H,20,25)/t15-/m1/s1. The van der Waals surface area contributed by atoms with Crippen LogP contribution in [-0.4, -0.2) is 59.0 Å². The van der Waals surface area contributed by atoms with Gasteiger partial charge < -0.3 is 19.9 Å². The number of nitrogens with one attached hydrogen (secondary N) is 1. The van der Waals surface area contributed by atoms with E-state index >= 15 is 0 Å². The highest BCUT2D eigenvalue weighted by atomic mass is 16.6. The van der Waals surface area contributed by atoms with Crippen molar-refractivity contribution in [1.29, 1.82) is 0 Å². The lowest BCUT2D eigenvalue weighted by Gasteiger charge is -2.39. The Balaban J connectivity index is 1.44. The summed E-state index contributed by atoms with van der Waals surface area (Å²) in [5.41, 5.74) is 1.19. The van der Waals surface area contributed by atoms with Crippen molar-refractivity contribution in [3.8, 4) is 0 Å². The molecule has 0 aromatic heterocycles. The Hall–Kier alpha value is -2.57. The summed E-state index contributed by atoms with van der Waals surface area (Å²) in [5.74, 6) is -0.0796. The molecule has 26 heavy (non-hydrogen) atoms. The van der Waals surface area contributed by atoms with Crippen LogP contribution in [0.2, 0.25) is 0 Å². The Morgan fingerprint density at radius 1 is 1.27 bits per heavy atom. The van der Waals surface area contributed by atoms with Gasteiger partial charge in [0.1, 0.15) is 11.6 Å². The fourth-order valence-electron chi connectivity index (χ4n) is 4.18. The first-order chi connectivity index (χ1) is 12.5. The molecule has 2 saturated heterocycles. The second kappa shape index (κ2) is 6.30. The summed E-state index contributed by atoms with van der Waals surface area (Å²) in [6.45, 7) is 4.01. The van der Waals surface area contributed by atoms with Gasteiger partial charge in [-0.2, -0.15) is 0 Å². The van der Waals surface area contributed by atoms with E-state index in [0.717, 1.165) is 5.56 Å². The molecule has 0 saturated carbocycles. The first-order valence-electron chi connectivity index (χ1n) is 9.17. The SMILES string of the molecule is CC[C@H](C(=O)N1CCC2(CC1)CNC(=O)O2)N1Cc2ccccc2C1=O. The second-order valence-electron chi connectivity index (χ2n) is 7.27. The van der Waals surface area contributed by atoms with Crippen LogP contribution in [0.4, 0.5) is 4.79 Å². The summed E-state index contributed by atoms with van der Waals surface area (Å²) >= 11 is 0. The van der Waals surface area contributed by atoms with Crippen molar-refractivity contribution in [3.05, 3.63) is 35.4 Å². The number of piperidine rings is 1. The first-order valence-corrected chi connectivity index (χ1v) is 9.17. The van der Waals surface area contributed by atoms with E-state index in [1.807, 2.05) is 36.1 Å². The average Bonchev–Trinajstić information content (AvgIpc) is 3.17. The molecule has 1 atom stereocenters. The van der Waals surface area contributed by atoms with E-state index in [4.69, 9.17) is 4.74 Å². The van der Waals surface area contributed by atoms with Crippen LogP contribution in [0.1, 0.15) is 42.1 Å². The van der Waals surface area contributed by atoms with Gasteiger partial charge in [-0.15, -0.1) is 0 Å². The molecule has 1 spiro atoms. The van der Waals surface area contributed by atoms with Gasteiger partial charge in [-0.05, 0) is 18.1 Å². The molecule has 7 nitrogen and oxygen atoms in total. The number of likely N-dealkylation sites (tertiary alicyclic amines) is 1. The van der Waals surface area contributed by atoms with E-state index in [1.54, 1.807) is 4.90 Å². The van der Waals surface area contributed by atoms with Gasteiger partial charge in [0.25, 0.3) is 5.91 Å². The lowest BCUT2D eigenvalue weighted by molar-refractivity contribution is -0.139. The summed E-state index contributed by atoms with van der Waals surface area (Å²) in [4.78, 5) is 40.6. The molecule has 3 heterocycles. The Kier molecular flexibility index (Phi) is 4.09. The Bertz CT molecular complexity index is 755. The Morgan fingerprint density at radius 2 is 2.00 bits per heavy atom. The number of carbonyl (C=O) groups excluding carboxylic acids is 3. The van der Waals surface area contributed by atoms with E-state index in [0.29, 0.717) is 51.0 Å². The molecule has 7 heteroatoms. The molecule has 3 aliphatic rings. The van der Waals surface area contributed by atoms with Crippen molar-refractivity contribution in [1.82, 2.24) is 15.1 Å². The lowest BCUT2D eigenvalue weighted by Crippen LogP contribution is -2.54. The van der Waals surface area contributed by atoms with Crippen LogP contribution in [0.15, 0.2) is 24.3 Å². The van der Waals surface area contributed by atoms with Crippen molar-refractivity contribution in [2.75, 3.05) is 19.6 Å². The summed E-state index contributed by atoms with van der Waals surface area (Å²) in [6, 6.07) is 7.08. The zero-order valence-corrected chi connectivity index (χ0v) is 14.9. The number of benzene rings is 1. The van der Waals surface area contributed by atoms with Gasteiger partial charge >= 0.3 is 6.09 Å². The molecular weight excluding hydrogens is 334 g/mol. The van der Waals surface area contributed by atoms with E-state index in [1.165, 1.54) is 0 Å². The van der Waals surface area contributed by atoms with Gasteiger partial charge in [0.15, 0.2) is 0 Å². The van der Waals surface area contributed by atoms with Gasteiger partial charge in [0.05, 0.1) is 6.54 Å². The second-order valence-corrected chi connectivity index (χ2v) is 7.27. The quantitative estimate of drug-likeness (QED) is 0.890. The zero-order valence-electron chi connectivity index (χ0n) is 14.9. The minimum absolute atomic E-state index is 0.0132. The van der Waals surface area contributed by atoms with Crippen molar-refractivity contribution >= 4 is 17.9 Å². The molecule has 0 unspecified atom stereocenters.